The molecule has 100 valence electrons. The molecule has 1 unspecified atom stereocenters. The predicted molar refractivity (Wildman–Crippen MR) is 76.0 cm³/mol. The molecule has 0 amide bonds. The molecule has 1 aliphatic carbocycles. The molecule has 1 atom stereocenters. The number of likely N-dealkylation sites (N-methyl/N-ethyl adjacent to an activating group) is 1. The van der Waals surface area contributed by atoms with E-state index in [1.807, 2.05) is 14.0 Å². The Kier molecular flexibility index (Phi) is 4.25. The summed E-state index contributed by atoms with van der Waals surface area (Å²) in [5, 5.41) is 12.9. The third-order valence-corrected chi connectivity index (χ3v) is 3.46. The van der Waals surface area contributed by atoms with Gasteiger partial charge in [-0.1, -0.05) is 6.07 Å². The summed E-state index contributed by atoms with van der Waals surface area (Å²) in [5.74, 6) is 0. The molecule has 0 radical (unpaired) electrons. The Morgan fingerprint density at radius 1 is 1.44 bits per heavy atom. The molecule has 3 heteroatoms. The molecular weight excluding hydrogens is 224 g/mol. The van der Waals surface area contributed by atoms with Crippen LogP contribution in [0.1, 0.15) is 30.9 Å². The first kappa shape index (κ1) is 13.4. The fourth-order valence-corrected chi connectivity index (χ4v) is 2.16. The number of nitrogens with one attached hydrogen (secondary N) is 1. The number of nitrogens with zero attached hydrogens (tertiary/aromatic N) is 1. The summed E-state index contributed by atoms with van der Waals surface area (Å²) in [6, 6.07) is 7.28. The number of hydrogen-bond donors (Lipinski definition) is 2. The van der Waals surface area contributed by atoms with Crippen LogP contribution >= 0.6 is 0 Å². The van der Waals surface area contributed by atoms with Crippen molar-refractivity contribution < 1.29 is 5.11 Å². The Balaban J connectivity index is 1.98. The van der Waals surface area contributed by atoms with Gasteiger partial charge in [-0.3, -0.25) is 0 Å². The molecule has 3 nitrogen and oxygen atoms in total. The second kappa shape index (κ2) is 5.72. The first-order valence-corrected chi connectivity index (χ1v) is 6.78. The fraction of sp³-hybridized carbons (Fsp3) is 0.600. The van der Waals surface area contributed by atoms with Crippen molar-refractivity contribution in [3.8, 4) is 0 Å². The van der Waals surface area contributed by atoms with Gasteiger partial charge < -0.3 is 15.3 Å². The molecule has 1 fully saturated rings. The maximum atomic E-state index is 9.41. The molecule has 0 aliphatic heterocycles. The van der Waals surface area contributed by atoms with E-state index in [2.05, 4.69) is 35.3 Å². The van der Waals surface area contributed by atoms with Crippen LogP contribution < -0.4 is 10.2 Å². The Bertz CT molecular complexity index is 399. The number of aliphatic hydroxyl groups is 1. The van der Waals surface area contributed by atoms with Gasteiger partial charge in [-0.05, 0) is 49.9 Å². The van der Waals surface area contributed by atoms with Crippen molar-refractivity contribution in [2.45, 2.75) is 45.4 Å². The highest BCUT2D eigenvalue weighted by Crippen LogP contribution is 2.22. The van der Waals surface area contributed by atoms with Crippen molar-refractivity contribution in [2.24, 2.45) is 0 Å². The van der Waals surface area contributed by atoms with Gasteiger partial charge in [-0.15, -0.1) is 0 Å². The molecule has 2 rings (SSSR count). The molecule has 0 bridgehead atoms. The van der Waals surface area contributed by atoms with E-state index in [0.717, 1.165) is 12.6 Å². The van der Waals surface area contributed by atoms with E-state index in [1.54, 1.807) is 0 Å². The zero-order chi connectivity index (χ0) is 13.1. The largest absolute Gasteiger partial charge is 0.392 e. The Labute approximate surface area is 110 Å². The predicted octanol–water partition coefficient (Wildman–Crippen LogP) is 2.06. The smallest absolute Gasteiger partial charge is 0.0686 e. The summed E-state index contributed by atoms with van der Waals surface area (Å²) in [6.07, 6.45) is 2.36. The highest BCUT2D eigenvalue weighted by atomic mass is 16.3. The van der Waals surface area contributed by atoms with Crippen LogP contribution in [-0.4, -0.2) is 30.8 Å². The second-order valence-electron chi connectivity index (χ2n) is 5.50. The van der Waals surface area contributed by atoms with Gasteiger partial charge >= 0.3 is 0 Å². The lowest BCUT2D eigenvalue weighted by atomic mass is 10.1. The van der Waals surface area contributed by atoms with Crippen LogP contribution in [0.5, 0.6) is 0 Å². The van der Waals surface area contributed by atoms with Gasteiger partial charge in [0.1, 0.15) is 0 Å². The Morgan fingerprint density at radius 3 is 2.72 bits per heavy atom. The van der Waals surface area contributed by atoms with E-state index in [4.69, 9.17) is 0 Å². The summed E-state index contributed by atoms with van der Waals surface area (Å²) < 4.78 is 0. The monoisotopic (exact) mass is 248 g/mol. The molecule has 1 aromatic rings. The molecule has 0 heterocycles. The minimum absolute atomic E-state index is 0.300. The van der Waals surface area contributed by atoms with Crippen molar-refractivity contribution in [2.75, 3.05) is 18.5 Å². The molecule has 1 aromatic carbocycles. The zero-order valence-electron chi connectivity index (χ0n) is 11.6. The van der Waals surface area contributed by atoms with Crippen LogP contribution in [0.3, 0.4) is 0 Å². The van der Waals surface area contributed by atoms with E-state index >= 15 is 0 Å². The summed E-state index contributed by atoms with van der Waals surface area (Å²) >= 11 is 0. The van der Waals surface area contributed by atoms with Crippen LogP contribution in [0.15, 0.2) is 18.2 Å². The van der Waals surface area contributed by atoms with Gasteiger partial charge in [-0.25, -0.2) is 0 Å². The average Bonchev–Trinajstić information content (AvgIpc) is 3.10. The van der Waals surface area contributed by atoms with Crippen molar-refractivity contribution >= 4 is 5.69 Å². The summed E-state index contributed by atoms with van der Waals surface area (Å²) in [4.78, 5) is 2.09. The molecule has 18 heavy (non-hydrogen) atoms. The minimum atomic E-state index is -0.300. The highest BCUT2D eigenvalue weighted by Gasteiger charge is 2.20. The molecule has 0 saturated heterocycles. The number of rotatable bonds is 6. The van der Waals surface area contributed by atoms with Crippen molar-refractivity contribution in [3.05, 3.63) is 29.3 Å². The van der Waals surface area contributed by atoms with Crippen LogP contribution in [0, 0.1) is 6.92 Å². The molecular formula is C15H24N2O. The number of hydrogen-bond acceptors (Lipinski definition) is 3. The first-order valence-electron chi connectivity index (χ1n) is 6.78. The van der Waals surface area contributed by atoms with Crippen LogP contribution in [0.4, 0.5) is 5.69 Å². The lowest BCUT2D eigenvalue weighted by molar-refractivity contribution is 0.201. The van der Waals surface area contributed by atoms with E-state index < -0.39 is 0 Å². The van der Waals surface area contributed by atoms with Crippen molar-refractivity contribution in [1.82, 2.24) is 5.32 Å². The van der Waals surface area contributed by atoms with E-state index in [9.17, 15) is 5.11 Å². The van der Waals surface area contributed by atoms with Crippen LogP contribution in [0.2, 0.25) is 0 Å². The maximum absolute atomic E-state index is 9.41. The minimum Gasteiger partial charge on any atom is -0.392 e. The summed E-state index contributed by atoms with van der Waals surface area (Å²) in [6.45, 7) is 5.61. The van der Waals surface area contributed by atoms with Crippen LogP contribution in [-0.2, 0) is 6.54 Å². The second-order valence-corrected chi connectivity index (χ2v) is 5.50. The highest BCUT2D eigenvalue weighted by molar-refractivity contribution is 5.50. The van der Waals surface area contributed by atoms with Gasteiger partial charge in [0.2, 0.25) is 0 Å². The van der Waals surface area contributed by atoms with Crippen molar-refractivity contribution in [3.63, 3.8) is 0 Å². The third kappa shape index (κ3) is 3.72. The standard InChI is InChI=1S/C15H24N2O/c1-11-8-15(17(3)10-12(2)18)7-4-13(11)9-16-14-5-6-14/h4,7-8,12,14,16,18H,5-6,9-10H2,1-3H3. The molecule has 0 aromatic heterocycles. The number of benzene rings is 1. The van der Waals surface area contributed by atoms with Crippen LogP contribution in [0.25, 0.3) is 0 Å². The number of aliphatic hydroxyl groups excluding tert-OH is 1. The summed E-state index contributed by atoms with van der Waals surface area (Å²) in [5.41, 5.74) is 3.86. The average molecular weight is 248 g/mol. The normalized spacial score (nSPS) is 16.7. The van der Waals surface area contributed by atoms with Crippen molar-refractivity contribution in [1.29, 1.82) is 0 Å². The lowest BCUT2D eigenvalue weighted by Gasteiger charge is -2.22. The third-order valence-electron chi connectivity index (χ3n) is 3.46. The number of anilines is 1. The van der Waals surface area contributed by atoms with E-state index in [-0.39, 0.29) is 6.10 Å². The SMILES string of the molecule is Cc1cc(N(C)CC(C)O)ccc1CNC1CC1. The van der Waals surface area contributed by atoms with E-state index in [1.165, 1.54) is 29.7 Å². The lowest BCUT2D eigenvalue weighted by Crippen LogP contribution is -2.27. The molecule has 2 N–H and O–H groups in total. The molecule has 1 aliphatic rings. The maximum Gasteiger partial charge on any atom is 0.0686 e. The number of aryl methyl sites for hydroxylation is 1. The molecule has 0 spiro atoms. The fourth-order valence-electron chi connectivity index (χ4n) is 2.16. The Hall–Kier alpha value is -1.06. The zero-order valence-corrected chi connectivity index (χ0v) is 11.6. The topological polar surface area (TPSA) is 35.5 Å². The molecule has 1 saturated carbocycles. The van der Waals surface area contributed by atoms with E-state index in [0.29, 0.717) is 6.54 Å². The van der Waals surface area contributed by atoms with Gasteiger partial charge in [0.05, 0.1) is 6.10 Å². The van der Waals surface area contributed by atoms with Gasteiger partial charge in [-0.2, -0.15) is 0 Å². The first-order chi connectivity index (χ1) is 8.56. The van der Waals surface area contributed by atoms with Gasteiger partial charge in [0, 0.05) is 31.9 Å². The van der Waals surface area contributed by atoms with Gasteiger partial charge in [0.25, 0.3) is 0 Å². The Morgan fingerprint density at radius 2 is 2.17 bits per heavy atom. The quantitative estimate of drug-likeness (QED) is 0.809. The van der Waals surface area contributed by atoms with Gasteiger partial charge in [0.15, 0.2) is 0 Å². The summed E-state index contributed by atoms with van der Waals surface area (Å²) in [7, 11) is 2.02.